The summed E-state index contributed by atoms with van der Waals surface area (Å²) in [7, 11) is -1.88. The predicted octanol–water partition coefficient (Wildman–Crippen LogP) is 3.09. The molecule has 0 aliphatic rings. The van der Waals surface area contributed by atoms with Crippen molar-refractivity contribution in [3.05, 3.63) is 0 Å². The van der Waals surface area contributed by atoms with Crippen molar-refractivity contribution in [1.29, 1.82) is 0 Å². The summed E-state index contributed by atoms with van der Waals surface area (Å²) in [6, 6.07) is 0. The SMILES string of the molecule is CCCCCC(=O)O[Si](C)(C)CCl. The van der Waals surface area contributed by atoms with Crippen molar-refractivity contribution in [2.45, 2.75) is 45.7 Å². The van der Waals surface area contributed by atoms with Crippen molar-refractivity contribution in [3.63, 3.8) is 0 Å². The van der Waals surface area contributed by atoms with Gasteiger partial charge in [-0.1, -0.05) is 19.8 Å². The first-order valence-electron chi connectivity index (χ1n) is 4.79. The topological polar surface area (TPSA) is 26.3 Å². The molecule has 0 N–H and O–H groups in total. The van der Waals surface area contributed by atoms with Crippen LogP contribution in [0.3, 0.4) is 0 Å². The largest absolute Gasteiger partial charge is 0.518 e. The normalized spacial score (nSPS) is 11.4. The van der Waals surface area contributed by atoms with E-state index < -0.39 is 8.32 Å². The zero-order valence-electron chi connectivity index (χ0n) is 8.73. The summed E-state index contributed by atoms with van der Waals surface area (Å²) < 4.78 is 5.30. The van der Waals surface area contributed by atoms with Crippen LogP contribution in [0.1, 0.15) is 32.6 Å². The first kappa shape index (κ1) is 13.0. The van der Waals surface area contributed by atoms with E-state index in [4.69, 9.17) is 16.0 Å². The summed E-state index contributed by atoms with van der Waals surface area (Å²) in [6.07, 6.45) is 3.70. The molecule has 4 heteroatoms. The van der Waals surface area contributed by atoms with E-state index in [1.165, 1.54) is 0 Å². The molecular weight excluding hydrogens is 204 g/mol. The Morgan fingerprint density at radius 2 is 2.00 bits per heavy atom. The van der Waals surface area contributed by atoms with Crippen LogP contribution in [0.5, 0.6) is 0 Å². The molecule has 0 aromatic heterocycles. The molecule has 0 unspecified atom stereocenters. The molecule has 0 aromatic rings. The second kappa shape index (κ2) is 6.43. The van der Waals surface area contributed by atoms with Crippen LogP contribution in [-0.4, -0.2) is 19.8 Å². The third-order valence-electron chi connectivity index (χ3n) is 1.70. The van der Waals surface area contributed by atoms with Gasteiger partial charge in [0.15, 0.2) is 0 Å². The van der Waals surface area contributed by atoms with Crippen molar-refractivity contribution in [1.82, 2.24) is 0 Å². The molecule has 0 rings (SSSR count). The lowest BCUT2D eigenvalue weighted by Gasteiger charge is -2.19. The number of hydrogen-bond donors (Lipinski definition) is 0. The van der Waals surface area contributed by atoms with Gasteiger partial charge in [-0.15, -0.1) is 11.6 Å². The molecule has 0 amide bonds. The molecule has 0 radical (unpaired) electrons. The fourth-order valence-electron chi connectivity index (χ4n) is 0.906. The minimum absolute atomic E-state index is 0.0780. The van der Waals surface area contributed by atoms with E-state index in [0.717, 1.165) is 19.3 Å². The number of halogens is 1. The minimum atomic E-state index is -1.88. The number of unbranched alkanes of at least 4 members (excludes halogenated alkanes) is 2. The molecule has 0 spiro atoms. The zero-order chi connectivity index (χ0) is 10.3. The van der Waals surface area contributed by atoms with Crippen molar-refractivity contribution in [2.24, 2.45) is 0 Å². The Labute approximate surface area is 86.7 Å². The van der Waals surface area contributed by atoms with Gasteiger partial charge in [0.2, 0.25) is 0 Å². The molecule has 2 nitrogen and oxygen atoms in total. The fraction of sp³-hybridized carbons (Fsp3) is 0.889. The van der Waals surface area contributed by atoms with Gasteiger partial charge in [0.25, 0.3) is 14.3 Å². The second-order valence-corrected chi connectivity index (χ2v) is 8.62. The maximum absolute atomic E-state index is 11.2. The third kappa shape index (κ3) is 7.08. The van der Waals surface area contributed by atoms with E-state index in [1.54, 1.807) is 0 Å². The number of carbonyl (C=O) groups excluding carboxylic acids is 1. The Morgan fingerprint density at radius 1 is 1.38 bits per heavy atom. The maximum atomic E-state index is 11.2. The van der Waals surface area contributed by atoms with Crippen molar-refractivity contribution >= 4 is 25.9 Å². The molecule has 0 aliphatic carbocycles. The molecule has 0 saturated carbocycles. The summed E-state index contributed by atoms with van der Waals surface area (Å²) in [4.78, 5) is 11.2. The summed E-state index contributed by atoms with van der Waals surface area (Å²) in [5.41, 5.74) is 0.479. The van der Waals surface area contributed by atoms with E-state index in [1.807, 2.05) is 13.1 Å². The first-order chi connectivity index (χ1) is 6.02. The van der Waals surface area contributed by atoms with E-state index in [-0.39, 0.29) is 5.97 Å². The highest BCUT2D eigenvalue weighted by molar-refractivity contribution is 6.78. The lowest BCUT2D eigenvalue weighted by Crippen LogP contribution is -2.35. The molecule has 0 fully saturated rings. The Hall–Kier alpha value is -0.0231. The molecule has 13 heavy (non-hydrogen) atoms. The number of alkyl halides is 1. The average molecular weight is 223 g/mol. The Bertz CT molecular complexity index is 160. The third-order valence-corrected chi connectivity index (χ3v) is 5.05. The van der Waals surface area contributed by atoms with E-state index in [2.05, 4.69) is 6.92 Å². The molecule has 78 valence electrons. The zero-order valence-corrected chi connectivity index (χ0v) is 10.5. The molecule has 0 bridgehead atoms. The second-order valence-electron chi connectivity index (χ2n) is 3.82. The summed E-state index contributed by atoms with van der Waals surface area (Å²) in [5, 5.41) is 0. The monoisotopic (exact) mass is 222 g/mol. The van der Waals surface area contributed by atoms with Crippen LogP contribution >= 0.6 is 11.6 Å². The van der Waals surface area contributed by atoms with Crippen LogP contribution in [0.25, 0.3) is 0 Å². The van der Waals surface area contributed by atoms with Gasteiger partial charge in [0.1, 0.15) is 0 Å². The predicted molar refractivity (Wildman–Crippen MR) is 58.4 cm³/mol. The van der Waals surface area contributed by atoms with Crippen LogP contribution in [0, 0.1) is 0 Å². The van der Waals surface area contributed by atoms with Crippen LogP contribution in [0.4, 0.5) is 0 Å². The number of carbonyl (C=O) groups is 1. The lowest BCUT2D eigenvalue weighted by atomic mass is 10.2. The molecule has 0 aromatic carbocycles. The molecule has 0 saturated heterocycles. The van der Waals surface area contributed by atoms with Gasteiger partial charge in [-0.05, 0) is 19.5 Å². The van der Waals surface area contributed by atoms with E-state index in [0.29, 0.717) is 11.9 Å². The van der Waals surface area contributed by atoms with Gasteiger partial charge in [0, 0.05) is 6.42 Å². The summed E-state index contributed by atoms with van der Waals surface area (Å²) in [5.74, 6) is -0.0780. The number of rotatable bonds is 6. The summed E-state index contributed by atoms with van der Waals surface area (Å²) in [6.45, 7) is 6.03. The van der Waals surface area contributed by atoms with Crippen LogP contribution < -0.4 is 0 Å². The van der Waals surface area contributed by atoms with Crippen molar-refractivity contribution in [3.8, 4) is 0 Å². The highest BCUT2D eigenvalue weighted by Crippen LogP contribution is 2.09. The first-order valence-corrected chi connectivity index (χ1v) is 8.44. The quantitative estimate of drug-likeness (QED) is 0.392. The highest BCUT2D eigenvalue weighted by Gasteiger charge is 2.25. The van der Waals surface area contributed by atoms with E-state index in [9.17, 15) is 4.79 Å². The molecule has 0 heterocycles. The van der Waals surface area contributed by atoms with E-state index >= 15 is 0 Å². The van der Waals surface area contributed by atoms with Crippen LogP contribution in [-0.2, 0) is 9.22 Å². The molecule has 0 atom stereocenters. The Balaban J connectivity index is 3.62. The maximum Gasteiger partial charge on any atom is 0.292 e. The van der Waals surface area contributed by atoms with Crippen molar-refractivity contribution in [2.75, 3.05) is 5.50 Å². The average Bonchev–Trinajstić information content (AvgIpc) is 2.04. The Morgan fingerprint density at radius 3 is 2.46 bits per heavy atom. The van der Waals surface area contributed by atoms with Crippen molar-refractivity contribution < 1.29 is 9.22 Å². The Kier molecular flexibility index (Phi) is 6.42. The van der Waals surface area contributed by atoms with Crippen LogP contribution in [0.2, 0.25) is 13.1 Å². The van der Waals surface area contributed by atoms with Gasteiger partial charge in [-0.25, -0.2) is 0 Å². The van der Waals surface area contributed by atoms with Gasteiger partial charge >= 0.3 is 0 Å². The smallest absolute Gasteiger partial charge is 0.292 e. The van der Waals surface area contributed by atoms with Crippen LogP contribution in [0.15, 0.2) is 0 Å². The molecular formula is C9H19ClO2Si. The number of hydrogen-bond acceptors (Lipinski definition) is 2. The fourth-order valence-corrected chi connectivity index (χ4v) is 1.84. The summed E-state index contributed by atoms with van der Waals surface area (Å²) >= 11 is 5.68. The van der Waals surface area contributed by atoms with Gasteiger partial charge in [-0.2, -0.15) is 0 Å². The highest BCUT2D eigenvalue weighted by atomic mass is 35.5. The van der Waals surface area contributed by atoms with Gasteiger partial charge in [0.05, 0.1) is 5.50 Å². The van der Waals surface area contributed by atoms with Gasteiger partial charge < -0.3 is 4.43 Å². The lowest BCUT2D eigenvalue weighted by molar-refractivity contribution is -0.135. The molecule has 0 aliphatic heterocycles. The minimum Gasteiger partial charge on any atom is -0.518 e. The van der Waals surface area contributed by atoms with Gasteiger partial charge in [-0.3, -0.25) is 4.79 Å². The standard InChI is InChI=1S/C9H19ClO2Si/c1-4-5-6-7-9(11)12-13(2,3)8-10/h4-8H2,1-3H3.